The van der Waals surface area contributed by atoms with Gasteiger partial charge in [0.25, 0.3) is 0 Å². The van der Waals surface area contributed by atoms with Gasteiger partial charge in [-0.3, -0.25) is 0 Å². The normalized spacial score (nSPS) is 11.3. The van der Waals surface area contributed by atoms with Gasteiger partial charge in [-0.2, -0.15) is 35.3 Å². The molecule has 1 heterocycles. The van der Waals surface area contributed by atoms with Crippen LogP contribution in [0.3, 0.4) is 0 Å². The van der Waals surface area contributed by atoms with Crippen molar-refractivity contribution in [1.82, 2.24) is 15.0 Å². The molecule has 48 heavy (non-hydrogen) atoms. The molecule has 0 atom stereocenters. The van der Waals surface area contributed by atoms with E-state index in [1.54, 1.807) is 0 Å². The summed E-state index contributed by atoms with van der Waals surface area (Å²) in [6.07, 6.45) is 31.6. The number of ether oxygens (including phenoxy) is 3. The highest BCUT2D eigenvalue weighted by Gasteiger charge is 2.11. The second kappa shape index (κ2) is 37.7. The third-order valence-corrected chi connectivity index (χ3v) is 11.7. The van der Waals surface area contributed by atoms with Gasteiger partial charge >= 0.3 is 18.0 Å². The third-order valence-electron chi connectivity index (χ3n) is 8.24. The molecule has 0 amide bonds. The van der Waals surface area contributed by atoms with Gasteiger partial charge in [-0.05, 0) is 73.0 Å². The molecular weight excluding hydrogens is 655 g/mol. The van der Waals surface area contributed by atoms with E-state index in [9.17, 15) is 0 Å². The van der Waals surface area contributed by atoms with Crippen molar-refractivity contribution in [3.05, 3.63) is 0 Å². The Balaban J connectivity index is 2.32. The molecule has 0 saturated heterocycles. The number of aromatic nitrogens is 3. The summed E-state index contributed by atoms with van der Waals surface area (Å²) in [4.78, 5) is 13.4. The van der Waals surface area contributed by atoms with E-state index in [2.05, 4.69) is 35.7 Å². The van der Waals surface area contributed by atoms with Crippen molar-refractivity contribution in [2.24, 2.45) is 0 Å². The molecule has 0 N–H and O–H groups in total. The summed E-state index contributed by atoms with van der Waals surface area (Å²) >= 11 is 6.08. The van der Waals surface area contributed by atoms with Crippen LogP contribution in [0.15, 0.2) is 0 Å². The molecule has 0 aliphatic heterocycles. The fraction of sp³-hybridized carbons (Fsp3) is 0.923. The second-order valence-electron chi connectivity index (χ2n) is 13.0. The summed E-state index contributed by atoms with van der Waals surface area (Å²) in [5.74, 6) is 7.01. The van der Waals surface area contributed by atoms with Gasteiger partial charge in [-0.15, -0.1) is 15.0 Å². The zero-order chi connectivity index (χ0) is 34.4. The van der Waals surface area contributed by atoms with Crippen molar-refractivity contribution in [2.75, 3.05) is 54.3 Å². The van der Waals surface area contributed by atoms with E-state index < -0.39 is 0 Å². The zero-order valence-electron chi connectivity index (χ0n) is 31.6. The molecule has 1 aromatic rings. The highest BCUT2D eigenvalue weighted by atomic mass is 32.2. The fourth-order valence-electron chi connectivity index (χ4n) is 5.28. The van der Waals surface area contributed by atoms with Gasteiger partial charge in [0.1, 0.15) is 0 Å². The molecule has 0 bridgehead atoms. The molecule has 0 aliphatic carbocycles. The van der Waals surface area contributed by atoms with Gasteiger partial charge in [0.15, 0.2) is 0 Å². The van der Waals surface area contributed by atoms with E-state index in [1.165, 1.54) is 152 Å². The minimum Gasteiger partial charge on any atom is -0.463 e. The highest BCUT2D eigenvalue weighted by molar-refractivity contribution is 7.99. The number of hydrogen-bond donors (Lipinski definition) is 0. The SMILES string of the molecule is CCCCCCCCCSCCCOc1nc(OCCCSCCCCCCCCC)nc(OCCCSCCCCCCCCC)n1. The van der Waals surface area contributed by atoms with Crippen molar-refractivity contribution in [3.63, 3.8) is 0 Å². The lowest BCUT2D eigenvalue weighted by Gasteiger charge is -2.10. The lowest BCUT2D eigenvalue weighted by molar-refractivity contribution is 0.236. The topological polar surface area (TPSA) is 66.4 Å². The lowest BCUT2D eigenvalue weighted by atomic mass is 10.1. The summed E-state index contributed by atoms with van der Waals surface area (Å²) in [5, 5.41) is 0. The molecule has 9 heteroatoms. The van der Waals surface area contributed by atoms with Crippen LogP contribution in [-0.4, -0.2) is 69.3 Å². The molecule has 282 valence electrons. The van der Waals surface area contributed by atoms with Crippen LogP contribution in [-0.2, 0) is 0 Å². The first-order valence-electron chi connectivity index (χ1n) is 20.2. The Morgan fingerprint density at radius 2 is 0.542 bits per heavy atom. The van der Waals surface area contributed by atoms with Crippen molar-refractivity contribution in [2.45, 2.75) is 175 Å². The first-order valence-corrected chi connectivity index (χ1v) is 23.6. The maximum atomic E-state index is 5.95. The summed E-state index contributed by atoms with van der Waals surface area (Å²) in [6.45, 7) is 8.62. The quantitative estimate of drug-likeness (QED) is 0.0616. The van der Waals surface area contributed by atoms with Crippen LogP contribution >= 0.6 is 35.3 Å². The predicted molar refractivity (Wildman–Crippen MR) is 216 cm³/mol. The van der Waals surface area contributed by atoms with Crippen molar-refractivity contribution >= 4 is 35.3 Å². The Morgan fingerprint density at radius 1 is 0.312 bits per heavy atom. The molecule has 1 aromatic heterocycles. The van der Waals surface area contributed by atoms with Crippen LogP contribution < -0.4 is 14.2 Å². The maximum Gasteiger partial charge on any atom is 0.325 e. The molecule has 0 fully saturated rings. The molecule has 1 rings (SSSR count). The van der Waals surface area contributed by atoms with Crippen molar-refractivity contribution in [1.29, 1.82) is 0 Å². The second-order valence-corrected chi connectivity index (χ2v) is 16.7. The minimum absolute atomic E-state index is 0.314. The fourth-order valence-corrected chi connectivity index (χ4v) is 8.08. The number of nitrogens with zero attached hydrogens (tertiary/aromatic N) is 3. The molecule has 0 aromatic carbocycles. The Hall–Kier alpha value is -0.540. The monoisotopic (exact) mass is 729 g/mol. The lowest BCUT2D eigenvalue weighted by Crippen LogP contribution is -2.10. The molecule has 0 spiro atoms. The minimum atomic E-state index is 0.314. The standard InChI is InChI=1S/C39H75N3O3S3/c1-4-7-10-13-16-19-22-31-46-34-25-28-43-37-40-38(44-29-26-35-47-32-23-20-17-14-11-8-5-2)42-39(41-37)45-30-27-36-48-33-24-21-18-15-12-9-6-3/h4-36H2,1-3H3. The Labute approximate surface area is 310 Å². The van der Waals surface area contributed by atoms with Gasteiger partial charge in [0.05, 0.1) is 19.8 Å². The Kier molecular flexibility index (Phi) is 35.7. The van der Waals surface area contributed by atoms with Crippen LogP contribution in [0.25, 0.3) is 0 Å². The third kappa shape index (κ3) is 31.4. The summed E-state index contributed by atoms with van der Waals surface area (Å²) in [6, 6.07) is 0.941. The first-order chi connectivity index (χ1) is 23.8. The van der Waals surface area contributed by atoms with E-state index in [1.807, 2.05) is 35.3 Å². The highest BCUT2D eigenvalue weighted by Crippen LogP contribution is 2.18. The van der Waals surface area contributed by atoms with Crippen molar-refractivity contribution in [3.8, 4) is 18.0 Å². The molecular formula is C39H75N3O3S3. The van der Waals surface area contributed by atoms with E-state index >= 15 is 0 Å². The van der Waals surface area contributed by atoms with E-state index in [0.717, 1.165) is 36.5 Å². The molecule has 0 radical (unpaired) electrons. The van der Waals surface area contributed by atoms with Gasteiger partial charge < -0.3 is 14.2 Å². The molecule has 0 saturated carbocycles. The van der Waals surface area contributed by atoms with Gasteiger partial charge in [-0.1, -0.05) is 136 Å². The van der Waals surface area contributed by atoms with Gasteiger partial charge in [0.2, 0.25) is 0 Å². The van der Waals surface area contributed by atoms with Gasteiger partial charge in [0, 0.05) is 0 Å². The average molecular weight is 730 g/mol. The van der Waals surface area contributed by atoms with E-state index in [-0.39, 0.29) is 0 Å². The van der Waals surface area contributed by atoms with Gasteiger partial charge in [-0.25, -0.2) is 0 Å². The summed E-state index contributed by atoms with van der Waals surface area (Å²) < 4.78 is 17.9. The van der Waals surface area contributed by atoms with E-state index in [0.29, 0.717) is 37.9 Å². The molecule has 6 nitrogen and oxygen atoms in total. The summed E-state index contributed by atoms with van der Waals surface area (Å²) in [7, 11) is 0. The Bertz CT molecular complexity index is 682. The largest absolute Gasteiger partial charge is 0.463 e. The average Bonchev–Trinajstić information content (AvgIpc) is 3.09. The number of hydrogen-bond acceptors (Lipinski definition) is 9. The van der Waals surface area contributed by atoms with Crippen LogP contribution in [0.5, 0.6) is 18.0 Å². The number of thioether (sulfide) groups is 3. The van der Waals surface area contributed by atoms with Crippen molar-refractivity contribution < 1.29 is 14.2 Å². The smallest absolute Gasteiger partial charge is 0.325 e. The maximum absolute atomic E-state index is 5.95. The number of unbranched alkanes of at least 4 members (excludes halogenated alkanes) is 18. The predicted octanol–water partition coefficient (Wildman–Crippen LogP) is 12.6. The Morgan fingerprint density at radius 3 is 0.812 bits per heavy atom. The van der Waals surface area contributed by atoms with Crippen LogP contribution in [0.2, 0.25) is 0 Å². The van der Waals surface area contributed by atoms with Crippen LogP contribution in [0.1, 0.15) is 175 Å². The van der Waals surface area contributed by atoms with Crippen LogP contribution in [0, 0.1) is 0 Å². The van der Waals surface area contributed by atoms with E-state index in [4.69, 9.17) is 14.2 Å². The number of rotatable bonds is 39. The molecule has 0 aliphatic rings. The zero-order valence-corrected chi connectivity index (χ0v) is 34.1. The molecule has 0 unspecified atom stereocenters. The summed E-state index contributed by atoms with van der Waals surface area (Å²) in [5.41, 5.74) is 0. The van der Waals surface area contributed by atoms with Crippen LogP contribution in [0.4, 0.5) is 0 Å². The first kappa shape index (κ1) is 45.5.